The summed E-state index contributed by atoms with van der Waals surface area (Å²) in [6, 6.07) is 26.5. The van der Waals surface area contributed by atoms with Gasteiger partial charge in [0.15, 0.2) is 9.84 Å². The van der Waals surface area contributed by atoms with Crippen LogP contribution in [-0.2, 0) is 21.1 Å². The van der Waals surface area contributed by atoms with Gasteiger partial charge in [-0.3, -0.25) is 4.79 Å². The molecule has 0 saturated heterocycles. The molecule has 38 heavy (non-hydrogen) atoms. The quantitative estimate of drug-likeness (QED) is 0.288. The number of sulfone groups is 1. The van der Waals surface area contributed by atoms with Crippen molar-refractivity contribution < 1.29 is 22.4 Å². The Kier molecular flexibility index (Phi) is 8.18. The zero-order valence-corrected chi connectivity index (χ0v) is 21.3. The molecule has 0 saturated carbocycles. The molecule has 4 aromatic carbocycles. The summed E-state index contributed by atoms with van der Waals surface area (Å²) < 4.78 is 37.5. The molecule has 7 nitrogen and oxygen atoms in total. The Hall–Kier alpha value is -4.50. The highest BCUT2D eigenvalue weighted by molar-refractivity contribution is 7.90. The normalized spacial score (nSPS) is 11.8. The maximum absolute atomic E-state index is 13.2. The van der Waals surface area contributed by atoms with Gasteiger partial charge in [0.05, 0.1) is 4.90 Å². The van der Waals surface area contributed by atoms with E-state index >= 15 is 0 Å². The van der Waals surface area contributed by atoms with E-state index in [1.165, 1.54) is 24.3 Å². The Bertz CT molecular complexity index is 1520. The van der Waals surface area contributed by atoms with Gasteiger partial charge in [0, 0.05) is 29.6 Å². The van der Waals surface area contributed by atoms with Gasteiger partial charge < -0.3 is 16.0 Å². The minimum absolute atomic E-state index is 0.219. The molecule has 3 N–H and O–H groups in total. The summed E-state index contributed by atoms with van der Waals surface area (Å²) in [7, 11) is -3.42. The topological polar surface area (TPSA) is 104 Å². The van der Waals surface area contributed by atoms with E-state index in [1.54, 1.807) is 48.5 Å². The van der Waals surface area contributed by atoms with Crippen LogP contribution in [0.5, 0.6) is 0 Å². The van der Waals surface area contributed by atoms with E-state index in [-0.39, 0.29) is 11.3 Å². The lowest BCUT2D eigenvalue weighted by atomic mass is 10.0. The minimum atomic E-state index is -3.42. The molecule has 0 aromatic heterocycles. The largest absolute Gasteiger partial charge is 0.326 e. The number of rotatable bonds is 8. The summed E-state index contributed by atoms with van der Waals surface area (Å²) >= 11 is 0. The molecule has 1 atom stereocenters. The van der Waals surface area contributed by atoms with E-state index < -0.39 is 33.6 Å². The second-order valence-electron chi connectivity index (χ2n) is 8.68. The summed E-state index contributed by atoms with van der Waals surface area (Å²) in [5, 5.41) is 8.10. The minimum Gasteiger partial charge on any atom is -0.326 e. The highest BCUT2D eigenvalue weighted by atomic mass is 32.2. The fourth-order valence-corrected chi connectivity index (χ4v) is 4.82. The maximum Gasteiger partial charge on any atom is 0.319 e. The van der Waals surface area contributed by atoms with E-state index in [0.29, 0.717) is 22.5 Å². The molecule has 0 unspecified atom stereocenters. The molecule has 0 fully saturated rings. The summed E-state index contributed by atoms with van der Waals surface area (Å²) in [5.41, 5.74) is 2.96. The van der Waals surface area contributed by atoms with Gasteiger partial charge in [-0.2, -0.15) is 0 Å². The summed E-state index contributed by atoms with van der Waals surface area (Å²) in [6.45, 7) is 0. The van der Waals surface area contributed by atoms with Crippen LogP contribution in [0.4, 0.5) is 20.6 Å². The van der Waals surface area contributed by atoms with Gasteiger partial charge in [-0.25, -0.2) is 17.6 Å². The van der Waals surface area contributed by atoms with Gasteiger partial charge >= 0.3 is 6.03 Å². The molecule has 3 amide bonds. The molecular formula is C29H26FN3O4S. The number of hydrogen-bond donors (Lipinski definition) is 3. The van der Waals surface area contributed by atoms with E-state index in [9.17, 15) is 22.4 Å². The number of halogens is 1. The van der Waals surface area contributed by atoms with Crippen molar-refractivity contribution in [3.8, 4) is 11.1 Å². The molecule has 0 aliphatic carbocycles. The Morgan fingerprint density at radius 3 is 2.00 bits per heavy atom. The van der Waals surface area contributed by atoms with Crippen molar-refractivity contribution in [3.05, 3.63) is 115 Å². The number of nitrogens with one attached hydrogen (secondary N) is 3. The first-order chi connectivity index (χ1) is 18.2. The lowest BCUT2D eigenvalue weighted by Gasteiger charge is -2.19. The molecule has 0 aliphatic heterocycles. The predicted octanol–water partition coefficient (Wildman–Crippen LogP) is 5.27. The first kappa shape index (κ1) is 26.6. The highest BCUT2D eigenvalue weighted by Gasteiger charge is 2.22. The van der Waals surface area contributed by atoms with Crippen LogP contribution >= 0.6 is 0 Å². The van der Waals surface area contributed by atoms with Gasteiger partial charge in [0.2, 0.25) is 5.91 Å². The Morgan fingerprint density at radius 1 is 0.763 bits per heavy atom. The number of anilines is 2. The SMILES string of the molecule is CS(=O)(=O)c1ccccc1-c1ccc(NC(=O)[C@H](Cc2ccccc2)NC(=O)Nc2ccc(F)cc2)cc1. The lowest BCUT2D eigenvalue weighted by molar-refractivity contribution is -0.117. The maximum atomic E-state index is 13.2. The third-order valence-corrected chi connectivity index (χ3v) is 6.91. The second-order valence-corrected chi connectivity index (χ2v) is 10.7. The zero-order chi connectivity index (χ0) is 27.1. The van der Waals surface area contributed by atoms with E-state index in [1.807, 2.05) is 30.3 Å². The standard InChI is InChI=1S/C29H26FN3O4S/c1-38(36,37)27-10-6-5-9-25(27)21-11-15-23(16-12-21)31-28(34)26(19-20-7-3-2-4-8-20)33-29(35)32-24-17-13-22(30)14-18-24/h2-18,26H,19H2,1H3,(H,31,34)(H2,32,33,35)/t26-/m0/s1. The number of urea groups is 1. The van der Waals surface area contributed by atoms with Gasteiger partial charge in [-0.05, 0) is 53.6 Å². The number of carbonyl (C=O) groups excluding carboxylic acids is 2. The van der Waals surface area contributed by atoms with Crippen molar-refractivity contribution in [1.82, 2.24) is 5.32 Å². The number of hydrogen-bond acceptors (Lipinski definition) is 4. The van der Waals surface area contributed by atoms with Crippen molar-refractivity contribution in [3.63, 3.8) is 0 Å². The first-order valence-corrected chi connectivity index (χ1v) is 13.7. The highest BCUT2D eigenvalue weighted by Crippen LogP contribution is 2.28. The third-order valence-electron chi connectivity index (χ3n) is 5.76. The van der Waals surface area contributed by atoms with Crippen LogP contribution in [0, 0.1) is 5.82 Å². The van der Waals surface area contributed by atoms with E-state index in [0.717, 1.165) is 11.8 Å². The third kappa shape index (κ3) is 7.04. The van der Waals surface area contributed by atoms with Crippen LogP contribution in [0.15, 0.2) is 108 Å². The summed E-state index contributed by atoms with van der Waals surface area (Å²) in [5.74, 6) is -0.865. The summed E-state index contributed by atoms with van der Waals surface area (Å²) in [6.07, 6.45) is 1.40. The molecule has 9 heteroatoms. The van der Waals surface area contributed by atoms with Crippen LogP contribution in [0.1, 0.15) is 5.56 Å². The Balaban J connectivity index is 1.50. The molecular weight excluding hydrogens is 505 g/mol. The number of carbonyl (C=O) groups is 2. The van der Waals surface area contributed by atoms with Crippen LogP contribution in [0.25, 0.3) is 11.1 Å². The summed E-state index contributed by atoms with van der Waals surface area (Å²) in [4.78, 5) is 26.1. The molecule has 0 spiro atoms. The van der Waals surface area contributed by atoms with Crippen LogP contribution in [-0.4, -0.2) is 32.7 Å². The molecule has 0 aliphatic rings. The van der Waals surface area contributed by atoms with Crippen LogP contribution in [0.3, 0.4) is 0 Å². The Morgan fingerprint density at radius 2 is 1.34 bits per heavy atom. The number of benzene rings is 4. The van der Waals surface area contributed by atoms with Crippen molar-refractivity contribution >= 4 is 33.2 Å². The van der Waals surface area contributed by atoms with E-state index in [4.69, 9.17) is 0 Å². The lowest BCUT2D eigenvalue weighted by Crippen LogP contribution is -2.46. The smallest absolute Gasteiger partial charge is 0.319 e. The molecule has 0 bridgehead atoms. The molecule has 0 heterocycles. The molecule has 4 aromatic rings. The van der Waals surface area contributed by atoms with Gasteiger partial charge in [-0.1, -0.05) is 60.7 Å². The average Bonchev–Trinajstić information content (AvgIpc) is 2.90. The molecule has 194 valence electrons. The Labute approximate surface area is 220 Å². The second kappa shape index (κ2) is 11.7. The predicted molar refractivity (Wildman–Crippen MR) is 146 cm³/mol. The van der Waals surface area contributed by atoms with Crippen LogP contribution < -0.4 is 16.0 Å². The fourth-order valence-electron chi connectivity index (χ4n) is 3.91. The average molecular weight is 532 g/mol. The zero-order valence-electron chi connectivity index (χ0n) is 20.5. The number of amides is 3. The van der Waals surface area contributed by atoms with Gasteiger partial charge in [0.1, 0.15) is 11.9 Å². The fraction of sp³-hybridized carbons (Fsp3) is 0.103. The van der Waals surface area contributed by atoms with E-state index in [2.05, 4.69) is 16.0 Å². The van der Waals surface area contributed by atoms with Crippen LogP contribution in [0.2, 0.25) is 0 Å². The molecule has 4 rings (SSSR count). The van der Waals surface area contributed by atoms with Crippen molar-refractivity contribution in [2.75, 3.05) is 16.9 Å². The van der Waals surface area contributed by atoms with Gasteiger partial charge in [0.25, 0.3) is 0 Å². The van der Waals surface area contributed by atoms with Crippen molar-refractivity contribution in [2.45, 2.75) is 17.4 Å². The first-order valence-electron chi connectivity index (χ1n) is 11.8. The monoisotopic (exact) mass is 531 g/mol. The van der Waals surface area contributed by atoms with Crippen molar-refractivity contribution in [1.29, 1.82) is 0 Å². The molecule has 0 radical (unpaired) electrons. The van der Waals surface area contributed by atoms with Gasteiger partial charge in [-0.15, -0.1) is 0 Å². The van der Waals surface area contributed by atoms with Crippen molar-refractivity contribution in [2.24, 2.45) is 0 Å².